The summed E-state index contributed by atoms with van der Waals surface area (Å²) in [5.41, 5.74) is 0. The van der Waals surface area contributed by atoms with Crippen molar-refractivity contribution in [1.29, 1.82) is 0 Å². The SMILES string of the molecule is C1CCC(C2CCCCC2NCC2CCCCS2)NC1. The van der Waals surface area contributed by atoms with E-state index in [-0.39, 0.29) is 0 Å². The fourth-order valence-electron chi connectivity index (χ4n) is 4.39. The van der Waals surface area contributed by atoms with E-state index < -0.39 is 0 Å². The average Bonchev–Trinajstić information content (AvgIpc) is 2.55. The van der Waals surface area contributed by atoms with Crippen LogP contribution in [0.1, 0.15) is 64.2 Å². The van der Waals surface area contributed by atoms with E-state index >= 15 is 0 Å². The molecule has 3 fully saturated rings. The minimum Gasteiger partial charge on any atom is -0.314 e. The van der Waals surface area contributed by atoms with Crippen molar-refractivity contribution in [3.8, 4) is 0 Å². The molecule has 2 nitrogen and oxygen atoms in total. The van der Waals surface area contributed by atoms with Gasteiger partial charge >= 0.3 is 0 Å². The molecule has 3 heteroatoms. The maximum Gasteiger partial charge on any atom is 0.0172 e. The summed E-state index contributed by atoms with van der Waals surface area (Å²) in [4.78, 5) is 0. The molecule has 2 saturated heterocycles. The molecule has 20 heavy (non-hydrogen) atoms. The van der Waals surface area contributed by atoms with E-state index in [1.807, 2.05) is 0 Å². The third kappa shape index (κ3) is 4.14. The normalized spacial score (nSPS) is 39.6. The molecule has 0 spiro atoms. The Morgan fingerprint density at radius 2 is 1.75 bits per heavy atom. The first kappa shape index (κ1) is 15.2. The largest absolute Gasteiger partial charge is 0.314 e. The highest BCUT2D eigenvalue weighted by molar-refractivity contribution is 7.99. The molecule has 1 aliphatic carbocycles. The Morgan fingerprint density at radius 1 is 0.900 bits per heavy atom. The molecule has 0 radical (unpaired) electrons. The van der Waals surface area contributed by atoms with E-state index in [1.54, 1.807) is 0 Å². The molecular weight excluding hydrogens is 264 g/mol. The van der Waals surface area contributed by atoms with Crippen LogP contribution in [0, 0.1) is 5.92 Å². The highest BCUT2D eigenvalue weighted by atomic mass is 32.2. The van der Waals surface area contributed by atoms with E-state index in [0.29, 0.717) is 0 Å². The number of piperidine rings is 1. The van der Waals surface area contributed by atoms with Crippen molar-refractivity contribution in [2.75, 3.05) is 18.8 Å². The molecule has 0 amide bonds. The molecule has 3 aliphatic rings. The van der Waals surface area contributed by atoms with Gasteiger partial charge in [-0.1, -0.05) is 25.7 Å². The van der Waals surface area contributed by atoms with Gasteiger partial charge in [-0.15, -0.1) is 0 Å². The molecule has 0 aromatic heterocycles. The lowest BCUT2D eigenvalue weighted by atomic mass is 9.77. The van der Waals surface area contributed by atoms with Crippen LogP contribution in [0.3, 0.4) is 0 Å². The van der Waals surface area contributed by atoms with Crippen LogP contribution in [0.25, 0.3) is 0 Å². The van der Waals surface area contributed by atoms with Crippen LogP contribution in [0.15, 0.2) is 0 Å². The highest BCUT2D eigenvalue weighted by Crippen LogP contribution is 2.31. The Labute approximate surface area is 129 Å². The predicted octanol–water partition coefficient (Wildman–Crippen LogP) is 3.56. The van der Waals surface area contributed by atoms with Gasteiger partial charge in [0.15, 0.2) is 0 Å². The predicted molar refractivity (Wildman–Crippen MR) is 89.5 cm³/mol. The molecule has 4 atom stereocenters. The van der Waals surface area contributed by atoms with Crippen molar-refractivity contribution in [3.63, 3.8) is 0 Å². The number of nitrogens with one attached hydrogen (secondary N) is 2. The smallest absolute Gasteiger partial charge is 0.0172 e. The van der Waals surface area contributed by atoms with Crippen LogP contribution in [0.4, 0.5) is 0 Å². The fraction of sp³-hybridized carbons (Fsp3) is 1.00. The van der Waals surface area contributed by atoms with E-state index in [2.05, 4.69) is 22.4 Å². The molecule has 2 aliphatic heterocycles. The Hall–Kier alpha value is 0.270. The summed E-state index contributed by atoms with van der Waals surface area (Å²) >= 11 is 2.21. The molecule has 3 rings (SSSR count). The summed E-state index contributed by atoms with van der Waals surface area (Å²) in [6.45, 7) is 2.52. The molecular formula is C17H32N2S. The van der Waals surface area contributed by atoms with Gasteiger partial charge in [-0.2, -0.15) is 11.8 Å². The van der Waals surface area contributed by atoms with Crippen LogP contribution < -0.4 is 10.6 Å². The summed E-state index contributed by atoms with van der Waals surface area (Å²) in [6.07, 6.45) is 14.4. The fourth-order valence-corrected chi connectivity index (χ4v) is 5.64. The van der Waals surface area contributed by atoms with Gasteiger partial charge in [0.2, 0.25) is 0 Å². The van der Waals surface area contributed by atoms with Crippen LogP contribution >= 0.6 is 11.8 Å². The van der Waals surface area contributed by atoms with Gasteiger partial charge in [-0.3, -0.25) is 0 Å². The molecule has 2 N–H and O–H groups in total. The molecule has 4 unspecified atom stereocenters. The second kappa shape index (κ2) is 8.05. The maximum atomic E-state index is 3.98. The van der Waals surface area contributed by atoms with Crippen molar-refractivity contribution in [2.24, 2.45) is 5.92 Å². The summed E-state index contributed by atoms with van der Waals surface area (Å²) < 4.78 is 0. The molecule has 2 heterocycles. The number of hydrogen-bond donors (Lipinski definition) is 2. The quantitative estimate of drug-likeness (QED) is 0.829. The number of rotatable bonds is 4. The number of hydrogen-bond acceptors (Lipinski definition) is 3. The lowest BCUT2D eigenvalue weighted by molar-refractivity contribution is 0.182. The van der Waals surface area contributed by atoms with E-state index in [1.165, 1.54) is 83.1 Å². The average molecular weight is 297 g/mol. The van der Waals surface area contributed by atoms with Gasteiger partial charge in [0, 0.05) is 23.9 Å². The van der Waals surface area contributed by atoms with Gasteiger partial charge in [0.05, 0.1) is 0 Å². The Bertz CT molecular complexity index is 272. The van der Waals surface area contributed by atoms with Crippen molar-refractivity contribution >= 4 is 11.8 Å². The van der Waals surface area contributed by atoms with Gasteiger partial charge < -0.3 is 10.6 Å². The minimum atomic E-state index is 0.793. The second-order valence-corrected chi connectivity index (χ2v) is 8.42. The summed E-state index contributed by atoms with van der Waals surface area (Å²) in [5, 5.41) is 8.68. The minimum absolute atomic E-state index is 0.793. The zero-order valence-electron chi connectivity index (χ0n) is 12.9. The summed E-state index contributed by atoms with van der Waals surface area (Å²) in [7, 11) is 0. The monoisotopic (exact) mass is 296 g/mol. The van der Waals surface area contributed by atoms with Gasteiger partial charge in [0.25, 0.3) is 0 Å². The van der Waals surface area contributed by atoms with Gasteiger partial charge in [-0.25, -0.2) is 0 Å². The standard InChI is InChI=1S/C17H32N2S/c1-2-9-17(19-13-14-7-4-6-12-20-14)15(8-1)16-10-3-5-11-18-16/h14-19H,1-13H2. The van der Waals surface area contributed by atoms with E-state index in [4.69, 9.17) is 0 Å². The lowest BCUT2D eigenvalue weighted by Gasteiger charge is -2.40. The van der Waals surface area contributed by atoms with Gasteiger partial charge in [0.1, 0.15) is 0 Å². The molecule has 0 bridgehead atoms. The topological polar surface area (TPSA) is 24.1 Å². The van der Waals surface area contributed by atoms with Crippen molar-refractivity contribution < 1.29 is 0 Å². The zero-order valence-corrected chi connectivity index (χ0v) is 13.7. The molecule has 0 aromatic rings. The maximum absolute atomic E-state index is 3.98. The first-order valence-electron chi connectivity index (χ1n) is 9.02. The third-order valence-electron chi connectivity index (χ3n) is 5.57. The summed E-state index contributed by atoms with van der Waals surface area (Å²) in [5.74, 6) is 2.29. The third-order valence-corrected chi connectivity index (χ3v) is 6.96. The summed E-state index contributed by atoms with van der Waals surface area (Å²) in [6, 6.07) is 1.60. The van der Waals surface area contributed by atoms with Crippen molar-refractivity contribution in [1.82, 2.24) is 10.6 Å². The van der Waals surface area contributed by atoms with Crippen molar-refractivity contribution in [3.05, 3.63) is 0 Å². The van der Waals surface area contributed by atoms with Gasteiger partial charge in [-0.05, 0) is 56.7 Å². The van der Waals surface area contributed by atoms with E-state index in [9.17, 15) is 0 Å². The molecule has 0 aromatic carbocycles. The Morgan fingerprint density at radius 3 is 2.55 bits per heavy atom. The second-order valence-electron chi connectivity index (χ2n) is 7.01. The van der Waals surface area contributed by atoms with Crippen LogP contribution in [0.5, 0.6) is 0 Å². The van der Waals surface area contributed by atoms with Crippen LogP contribution in [-0.4, -0.2) is 36.2 Å². The first-order valence-corrected chi connectivity index (χ1v) is 10.1. The molecule has 116 valence electrons. The first-order chi connectivity index (χ1) is 9.93. The highest BCUT2D eigenvalue weighted by Gasteiger charge is 2.32. The van der Waals surface area contributed by atoms with E-state index in [0.717, 1.165) is 23.3 Å². The van der Waals surface area contributed by atoms with Crippen molar-refractivity contribution in [2.45, 2.75) is 81.5 Å². The Balaban J connectivity index is 1.49. The zero-order chi connectivity index (χ0) is 13.6. The lowest BCUT2D eigenvalue weighted by Crippen LogP contribution is -2.51. The van der Waals surface area contributed by atoms with Crippen LogP contribution in [0.2, 0.25) is 0 Å². The number of thioether (sulfide) groups is 1. The Kier molecular flexibility index (Phi) is 6.11. The molecule has 1 saturated carbocycles. The van der Waals surface area contributed by atoms with Crippen LogP contribution in [-0.2, 0) is 0 Å².